The summed E-state index contributed by atoms with van der Waals surface area (Å²) in [5.74, 6) is -0.535. The summed E-state index contributed by atoms with van der Waals surface area (Å²) in [4.78, 5) is 24.2. The summed E-state index contributed by atoms with van der Waals surface area (Å²) < 4.78 is 5.17. The summed E-state index contributed by atoms with van der Waals surface area (Å²) in [7, 11) is 0. The first-order valence-corrected chi connectivity index (χ1v) is 9.20. The predicted octanol–water partition coefficient (Wildman–Crippen LogP) is 5.36. The number of esters is 1. The summed E-state index contributed by atoms with van der Waals surface area (Å²) in [5.41, 5.74) is 3.48. The van der Waals surface area contributed by atoms with Gasteiger partial charge in [0.05, 0.1) is 0 Å². The average molecular weight is 386 g/mol. The van der Waals surface area contributed by atoms with Gasteiger partial charge in [0.2, 0.25) is 0 Å². The molecule has 0 heterocycles. The molecule has 0 radical (unpaired) electrons. The topological polar surface area (TPSA) is 55.4 Å². The van der Waals surface area contributed by atoms with Crippen LogP contribution in [0.4, 0.5) is 5.69 Å². The van der Waals surface area contributed by atoms with Crippen LogP contribution in [0.25, 0.3) is 6.08 Å². The third-order valence-corrected chi connectivity index (χ3v) is 4.61. The summed E-state index contributed by atoms with van der Waals surface area (Å²) in [6.45, 7) is 7.58. The van der Waals surface area contributed by atoms with E-state index < -0.39 is 18.0 Å². The molecule has 142 valence electrons. The lowest BCUT2D eigenvalue weighted by Gasteiger charge is -2.14. The highest BCUT2D eigenvalue weighted by Gasteiger charge is 2.17. The van der Waals surface area contributed by atoms with Crippen molar-refractivity contribution in [2.45, 2.75) is 39.7 Å². The van der Waals surface area contributed by atoms with Crippen molar-refractivity contribution in [1.82, 2.24) is 0 Å². The van der Waals surface area contributed by atoms with E-state index in [1.54, 1.807) is 24.3 Å². The van der Waals surface area contributed by atoms with Crippen molar-refractivity contribution in [3.63, 3.8) is 0 Å². The van der Waals surface area contributed by atoms with E-state index in [0.717, 1.165) is 11.1 Å². The number of hydrogen-bond donors (Lipinski definition) is 1. The monoisotopic (exact) mass is 385 g/mol. The molecule has 0 aromatic heterocycles. The first-order valence-electron chi connectivity index (χ1n) is 8.82. The van der Waals surface area contributed by atoms with Crippen LogP contribution in [0.5, 0.6) is 0 Å². The second-order valence-corrected chi connectivity index (χ2v) is 7.04. The van der Waals surface area contributed by atoms with Gasteiger partial charge in [0.1, 0.15) is 0 Å². The van der Waals surface area contributed by atoms with E-state index in [-0.39, 0.29) is 0 Å². The van der Waals surface area contributed by atoms with Crippen LogP contribution in [0, 0.1) is 6.92 Å². The van der Waals surface area contributed by atoms with Crippen molar-refractivity contribution in [1.29, 1.82) is 0 Å². The summed E-state index contributed by atoms with van der Waals surface area (Å²) in [6.07, 6.45) is 2.06. The number of nitrogens with one attached hydrogen (secondary N) is 1. The first-order chi connectivity index (χ1) is 12.8. The number of ether oxygens (including phenoxy) is 1. The van der Waals surface area contributed by atoms with E-state index in [1.165, 1.54) is 18.6 Å². The van der Waals surface area contributed by atoms with Gasteiger partial charge in [-0.2, -0.15) is 0 Å². The van der Waals surface area contributed by atoms with Gasteiger partial charge in [-0.15, -0.1) is 0 Å². The molecular formula is C22H24ClNO3. The van der Waals surface area contributed by atoms with Crippen LogP contribution >= 0.6 is 11.6 Å². The highest BCUT2D eigenvalue weighted by Crippen LogP contribution is 2.23. The zero-order chi connectivity index (χ0) is 20.0. The number of rotatable bonds is 6. The van der Waals surface area contributed by atoms with Crippen molar-refractivity contribution in [3.8, 4) is 0 Å². The van der Waals surface area contributed by atoms with Gasteiger partial charge >= 0.3 is 5.97 Å². The Balaban J connectivity index is 1.92. The maximum atomic E-state index is 12.2. The van der Waals surface area contributed by atoms with Crippen LogP contribution in [-0.4, -0.2) is 18.0 Å². The molecule has 0 unspecified atom stereocenters. The van der Waals surface area contributed by atoms with Crippen LogP contribution < -0.4 is 5.32 Å². The molecule has 0 spiro atoms. The average Bonchev–Trinajstić information content (AvgIpc) is 2.64. The number of halogens is 1. The summed E-state index contributed by atoms with van der Waals surface area (Å²) in [5, 5.41) is 3.28. The van der Waals surface area contributed by atoms with E-state index >= 15 is 0 Å². The molecule has 0 fully saturated rings. The van der Waals surface area contributed by atoms with E-state index in [9.17, 15) is 9.59 Å². The molecule has 0 bridgehead atoms. The summed E-state index contributed by atoms with van der Waals surface area (Å²) >= 11 is 6.04. The van der Waals surface area contributed by atoms with Gasteiger partial charge in [0, 0.05) is 16.8 Å². The van der Waals surface area contributed by atoms with Gasteiger partial charge in [-0.1, -0.05) is 55.8 Å². The Morgan fingerprint density at radius 2 is 1.74 bits per heavy atom. The number of amides is 1. The third-order valence-electron chi connectivity index (χ3n) is 4.20. The Morgan fingerprint density at radius 1 is 1.07 bits per heavy atom. The molecule has 2 aromatic rings. The quantitative estimate of drug-likeness (QED) is 0.538. The lowest BCUT2D eigenvalue weighted by atomic mass is 10.0. The van der Waals surface area contributed by atoms with E-state index in [1.807, 2.05) is 31.2 Å². The van der Waals surface area contributed by atoms with E-state index in [4.69, 9.17) is 16.3 Å². The molecule has 4 nitrogen and oxygen atoms in total. The molecule has 1 atom stereocenters. The van der Waals surface area contributed by atoms with Gasteiger partial charge in [-0.05, 0) is 54.7 Å². The fourth-order valence-corrected chi connectivity index (χ4v) is 2.58. The first kappa shape index (κ1) is 20.7. The van der Waals surface area contributed by atoms with Crippen LogP contribution in [0.2, 0.25) is 5.02 Å². The minimum absolute atomic E-state index is 0.414. The van der Waals surface area contributed by atoms with Gasteiger partial charge < -0.3 is 10.1 Å². The Kier molecular flexibility index (Phi) is 7.19. The molecule has 0 saturated carbocycles. The Morgan fingerprint density at radius 3 is 2.37 bits per heavy atom. The lowest BCUT2D eigenvalue weighted by Crippen LogP contribution is -2.29. The molecule has 1 amide bonds. The standard InChI is InChI=1S/C22H24ClNO3/c1-14(2)18-11-8-17(9-12-18)10-13-21(25)27-16(4)22(26)24-20-7-5-6-19(23)15(20)3/h5-14,16H,1-4H3,(H,24,26)/b13-10+/t16-/m1/s1. The van der Waals surface area contributed by atoms with Gasteiger partial charge in [-0.3, -0.25) is 4.79 Å². The van der Waals surface area contributed by atoms with Gasteiger partial charge in [-0.25, -0.2) is 4.79 Å². The maximum absolute atomic E-state index is 12.2. The number of anilines is 1. The fraction of sp³-hybridized carbons (Fsp3) is 0.273. The van der Waals surface area contributed by atoms with E-state index in [0.29, 0.717) is 16.6 Å². The molecule has 0 aliphatic carbocycles. The highest BCUT2D eigenvalue weighted by atomic mass is 35.5. The molecule has 2 aromatic carbocycles. The molecule has 0 saturated heterocycles. The molecule has 1 N–H and O–H groups in total. The van der Waals surface area contributed by atoms with Crippen molar-refractivity contribution < 1.29 is 14.3 Å². The Labute approximate surface area is 165 Å². The minimum Gasteiger partial charge on any atom is -0.449 e. The van der Waals surface area contributed by atoms with Crippen LogP contribution in [0.3, 0.4) is 0 Å². The van der Waals surface area contributed by atoms with Crippen molar-refractivity contribution in [2.75, 3.05) is 5.32 Å². The molecular weight excluding hydrogens is 362 g/mol. The third kappa shape index (κ3) is 5.97. The van der Waals surface area contributed by atoms with Crippen LogP contribution in [0.15, 0.2) is 48.5 Å². The number of carbonyl (C=O) groups excluding carboxylic acids is 2. The minimum atomic E-state index is -0.927. The van der Waals surface area contributed by atoms with Crippen molar-refractivity contribution in [2.24, 2.45) is 0 Å². The Hall–Kier alpha value is -2.59. The zero-order valence-corrected chi connectivity index (χ0v) is 16.7. The van der Waals surface area contributed by atoms with Crippen LogP contribution in [-0.2, 0) is 14.3 Å². The van der Waals surface area contributed by atoms with Gasteiger partial charge in [0.15, 0.2) is 6.10 Å². The van der Waals surface area contributed by atoms with Crippen molar-refractivity contribution in [3.05, 3.63) is 70.3 Å². The number of hydrogen-bond acceptors (Lipinski definition) is 3. The molecule has 0 aliphatic heterocycles. The number of carbonyl (C=O) groups is 2. The molecule has 27 heavy (non-hydrogen) atoms. The number of benzene rings is 2. The summed E-state index contributed by atoms with van der Waals surface area (Å²) in [6, 6.07) is 13.2. The zero-order valence-electron chi connectivity index (χ0n) is 16.0. The SMILES string of the molecule is Cc1c(Cl)cccc1NC(=O)[C@@H](C)OC(=O)/C=C/c1ccc(C(C)C)cc1. The second kappa shape index (κ2) is 9.38. The fourth-order valence-electron chi connectivity index (χ4n) is 2.40. The largest absolute Gasteiger partial charge is 0.449 e. The van der Waals surface area contributed by atoms with Crippen LogP contribution in [0.1, 0.15) is 43.4 Å². The molecule has 5 heteroatoms. The second-order valence-electron chi connectivity index (χ2n) is 6.64. The van der Waals surface area contributed by atoms with Gasteiger partial charge in [0.25, 0.3) is 5.91 Å². The molecule has 2 rings (SSSR count). The lowest BCUT2D eigenvalue weighted by molar-refractivity contribution is -0.148. The normalized spacial score (nSPS) is 12.2. The van der Waals surface area contributed by atoms with Crippen molar-refractivity contribution >= 4 is 35.2 Å². The Bertz CT molecular complexity index is 841. The smallest absolute Gasteiger partial charge is 0.331 e. The maximum Gasteiger partial charge on any atom is 0.331 e. The van der Waals surface area contributed by atoms with E-state index in [2.05, 4.69) is 19.2 Å². The highest BCUT2D eigenvalue weighted by molar-refractivity contribution is 6.31. The predicted molar refractivity (Wildman–Crippen MR) is 110 cm³/mol. The molecule has 0 aliphatic rings.